The van der Waals surface area contributed by atoms with Gasteiger partial charge in [0.1, 0.15) is 6.54 Å². The number of nitrogens with zero attached hydrogens (tertiary/aromatic N) is 1. The Hall–Kier alpha value is -0.340. The predicted molar refractivity (Wildman–Crippen MR) is 67.3 cm³/mol. The summed E-state index contributed by atoms with van der Waals surface area (Å²) in [7, 11) is -3.82. The number of hydrogen-bond acceptors (Lipinski definition) is 3. The number of halogens is 3. The summed E-state index contributed by atoms with van der Waals surface area (Å²) >= 11 is 0. The van der Waals surface area contributed by atoms with Crippen molar-refractivity contribution in [2.45, 2.75) is 44.8 Å². The van der Waals surface area contributed by atoms with Crippen molar-refractivity contribution in [1.29, 1.82) is 0 Å². The standard InChI is InChI=1S/C11H21F3N2O2S/c1-2-7-16(9-11(12,13)14)19(17,18)8-3-6-15-10-4-5-10/h10,15H,2-9H2,1H3. The Morgan fingerprint density at radius 2 is 1.95 bits per heavy atom. The van der Waals surface area contributed by atoms with Crippen molar-refractivity contribution in [2.75, 3.05) is 25.4 Å². The first kappa shape index (κ1) is 16.7. The molecule has 0 heterocycles. The summed E-state index contributed by atoms with van der Waals surface area (Å²) in [6.45, 7) is 0.723. The molecule has 0 bridgehead atoms. The molecule has 19 heavy (non-hydrogen) atoms. The highest BCUT2D eigenvalue weighted by molar-refractivity contribution is 7.89. The van der Waals surface area contributed by atoms with Crippen LogP contribution in [0.2, 0.25) is 0 Å². The lowest BCUT2D eigenvalue weighted by Crippen LogP contribution is -2.41. The fourth-order valence-corrected chi connectivity index (χ4v) is 3.31. The SMILES string of the molecule is CCCN(CC(F)(F)F)S(=O)(=O)CCCNC1CC1. The van der Waals surface area contributed by atoms with Crippen molar-refractivity contribution < 1.29 is 21.6 Å². The molecule has 4 nitrogen and oxygen atoms in total. The Morgan fingerprint density at radius 1 is 1.32 bits per heavy atom. The van der Waals surface area contributed by atoms with Crippen LogP contribution in [0.25, 0.3) is 0 Å². The minimum absolute atomic E-state index is 0.0854. The first-order valence-corrected chi connectivity index (χ1v) is 8.13. The highest BCUT2D eigenvalue weighted by atomic mass is 32.2. The van der Waals surface area contributed by atoms with Crippen molar-refractivity contribution in [3.8, 4) is 0 Å². The largest absolute Gasteiger partial charge is 0.402 e. The third-order valence-electron chi connectivity index (χ3n) is 2.81. The quantitative estimate of drug-likeness (QED) is 0.660. The zero-order chi connectivity index (χ0) is 14.5. The Bertz CT molecular complexity index is 367. The van der Waals surface area contributed by atoms with Gasteiger partial charge in [0.25, 0.3) is 0 Å². The highest BCUT2D eigenvalue weighted by Gasteiger charge is 2.35. The Kier molecular flexibility index (Phi) is 6.07. The molecule has 1 N–H and O–H groups in total. The molecule has 0 unspecified atom stereocenters. The Morgan fingerprint density at radius 3 is 2.42 bits per heavy atom. The molecule has 114 valence electrons. The molecule has 1 rings (SSSR count). The van der Waals surface area contributed by atoms with E-state index in [0.717, 1.165) is 12.8 Å². The molecule has 0 aromatic rings. The monoisotopic (exact) mass is 302 g/mol. The van der Waals surface area contributed by atoms with E-state index in [1.54, 1.807) is 6.92 Å². The topological polar surface area (TPSA) is 49.4 Å². The maximum Gasteiger partial charge on any atom is 0.402 e. The molecule has 1 fully saturated rings. The van der Waals surface area contributed by atoms with E-state index in [9.17, 15) is 21.6 Å². The van der Waals surface area contributed by atoms with Crippen LogP contribution in [-0.2, 0) is 10.0 Å². The van der Waals surface area contributed by atoms with Gasteiger partial charge < -0.3 is 5.32 Å². The Labute approximate surface area is 112 Å². The van der Waals surface area contributed by atoms with Crippen molar-refractivity contribution >= 4 is 10.0 Å². The number of rotatable bonds is 9. The molecule has 8 heteroatoms. The van der Waals surface area contributed by atoms with Crippen LogP contribution in [-0.4, -0.2) is 50.3 Å². The normalized spacial score (nSPS) is 17.1. The van der Waals surface area contributed by atoms with Gasteiger partial charge in [0, 0.05) is 12.6 Å². The third kappa shape index (κ3) is 7.12. The van der Waals surface area contributed by atoms with Gasteiger partial charge in [-0.3, -0.25) is 0 Å². The van der Waals surface area contributed by atoms with E-state index < -0.39 is 22.7 Å². The summed E-state index contributed by atoms with van der Waals surface area (Å²) < 4.78 is 61.3. The van der Waals surface area contributed by atoms with Crippen LogP contribution in [0.15, 0.2) is 0 Å². The second-order valence-electron chi connectivity index (χ2n) is 4.85. The van der Waals surface area contributed by atoms with Crippen LogP contribution < -0.4 is 5.32 Å². The average Bonchev–Trinajstić information content (AvgIpc) is 3.06. The van der Waals surface area contributed by atoms with Crippen molar-refractivity contribution in [2.24, 2.45) is 0 Å². The highest BCUT2D eigenvalue weighted by Crippen LogP contribution is 2.20. The van der Waals surface area contributed by atoms with Gasteiger partial charge in [-0.1, -0.05) is 6.92 Å². The van der Waals surface area contributed by atoms with Gasteiger partial charge in [0.15, 0.2) is 0 Å². The van der Waals surface area contributed by atoms with Gasteiger partial charge in [-0.2, -0.15) is 17.5 Å². The number of sulfonamides is 1. The maximum atomic E-state index is 12.3. The van der Waals surface area contributed by atoms with E-state index in [2.05, 4.69) is 5.32 Å². The third-order valence-corrected chi connectivity index (χ3v) is 4.71. The van der Waals surface area contributed by atoms with E-state index in [1.807, 2.05) is 0 Å². The lowest BCUT2D eigenvalue weighted by molar-refractivity contribution is -0.136. The van der Waals surface area contributed by atoms with Crippen molar-refractivity contribution in [3.05, 3.63) is 0 Å². The van der Waals surface area contributed by atoms with E-state index in [4.69, 9.17) is 0 Å². The van der Waals surface area contributed by atoms with Crippen LogP contribution in [0.4, 0.5) is 13.2 Å². The lowest BCUT2D eigenvalue weighted by Gasteiger charge is -2.22. The average molecular weight is 302 g/mol. The van der Waals surface area contributed by atoms with E-state index in [1.165, 1.54) is 0 Å². The molecule has 0 aromatic heterocycles. The zero-order valence-corrected chi connectivity index (χ0v) is 11.9. The Balaban J connectivity index is 2.43. The van der Waals surface area contributed by atoms with Gasteiger partial charge in [0.2, 0.25) is 10.0 Å². The van der Waals surface area contributed by atoms with Gasteiger partial charge in [-0.05, 0) is 32.2 Å². The maximum absolute atomic E-state index is 12.3. The van der Waals surface area contributed by atoms with Gasteiger partial charge in [-0.15, -0.1) is 0 Å². The fraction of sp³-hybridized carbons (Fsp3) is 1.00. The molecule has 0 atom stereocenters. The molecule has 0 aromatic carbocycles. The molecular weight excluding hydrogens is 281 g/mol. The number of alkyl halides is 3. The summed E-state index contributed by atoms with van der Waals surface area (Å²) in [5.41, 5.74) is 0. The van der Waals surface area contributed by atoms with Crippen LogP contribution >= 0.6 is 0 Å². The van der Waals surface area contributed by atoms with Crippen LogP contribution in [0, 0.1) is 0 Å². The molecule has 0 spiro atoms. The molecule has 0 radical (unpaired) electrons. The van der Waals surface area contributed by atoms with E-state index in [0.29, 0.717) is 29.7 Å². The van der Waals surface area contributed by atoms with Crippen LogP contribution in [0.3, 0.4) is 0 Å². The number of hydrogen-bond donors (Lipinski definition) is 1. The predicted octanol–water partition coefficient (Wildman–Crippen LogP) is 1.73. The molecule has 1 aliphatic rings. The molecular formula is C11H21F3N2O2S. The molecule has 0 amide bonds. The molecule has 0 saturated heterocycles. The summed E-state index contributed by atoms with van der Waals surface area (Å²) in [4.78, 5) is 0. The summed E-state index contributed by atoms with van der Waals surface area (Å²) in [6, 6.07) is 0.477. The zero-order valence-electron chi connectivity index (χ0n) is 11.0. The second-order valence-corrected chi connectivity index (χ2v) is 6.94. The summed E-state index contributed by atoms with van der Waals surface area (Å²) in [6.07, 6.45) is -1.58. The van der Waals surface area contributed by atoms with E-state index >= 15 is 0 Å². The minimum Gasteiger partial charge on any atom is -0.314 e. The van der Waals surface area contributed by atoms with E-state index in [-0.39, 0.29) is 12.3 Å². The minimum atomic E-state index is -4.49. The summed E-state index contributed by atoms with van der Waals surface area (Å²) in [5, 5.41) is 3.14. The van der Waals surface area contributed by atoms with Crippen LogP contribution in [0.5, 0.6) is 0 Å². The molecule has 0 aliphatic heterocycles. The van der Waals surface area contributed by atoms with Gasteiger partial charge in [-0.25, -0.2) is 8.42 Å². The van der Waals surface area contributed by atoms with Gasteiger partial charge >= 0.3 is 6.18 Å². The van der Waals surface area contributed by atoms with Crippen LogP contribution in [0.1, 0.15) is 32.6 Å². The van der Waals surface area contributed by atoms with Gasteiger partial charge in [0.05, 0.1) is 5.75 Å². The second kappa shape index (κ2) is 6.90. The number of nitrogens with one attached hydrogen (secondary N) is 1. The summed E-state index contributed by atoms with van der Waals surface area (Å²) in [5.74, 6) is -0.233. The molecule has 1 aliphatic carbocycles. The van der Waals surface area contributed by atoms with Crippen molar-refractivity contribution in [3.63, 3.8) is 0 Å². The molecule has 1 saturated carbocycles. The van der Waals surface area contributed by atoms with Crippen molar-refractivity contribution in [1.82, 2.24) is 9.62 Å². The smallest absolute Gasteiger partial charge is 0.314 e. The fourth-order valence-electron chi connectivity index (χ4n) is 1.74. The first-order valence-electron chi connectivity index (χ1n) is 6.52. The first-order chi connectivity index (χ1) is 8.74. The lowest BCUT2D eigenvalue weighted by atomic mass is 10.4.